The third-order valence-electron chi connectivity index (χ3n) is 1.80. The standard InChI is InChI=1S/C11H18N2O2/c1-9-6-10(14-4-2-12)8-11(7-9)15-5-3-13/h6-8H,2-5,12-13H2,1H3. The molecule has 0 unspecified atom stereocenters. The smallest absolute Gasteiger partial charge is 0.123 e. The summed E-state index contributed by atoms with van der Waals surface area (Å²) in [6.45, 7) is 4.03. The fraction of sp³-hybridized carbons (Fsp3) is 0.455. The lowest BCUT2D eigenvalue weighted by atomic mass is 10.2. The predicted molar refractivity (Wildman–Crippen MR) is 60.3 cm³/mol. The first-order chi connectivity index (χ1) is 7.26. The molecule has 0 saturated carbocycles. The Labute approximate surface area is 90.2 Å². The highest BCUT2D eigenvalue weighted by Crippen LogP contribution is 2.22. The molecule has 1 aromatic carbocycles. The van der Waals surface area contributed by atoms with Crippen LogP contribution in [0.1, 0.15) is 5.56 Å². The molecule has 0 atom stereocenters. The summed E-state index contributed by atoms with van der Waals surface area (Å²) in [7, 11) is 0. The summed E-state index contributed by atoms with van der Waals surface area (Å²) in [5.41, 5.74) is 11.8. The molecule has 0 saturated heterocycles. The van der Waals surface area contributed by atoms with Crippen molar-refractivity contribution in [2.45, 2.75) is 6.92 Å². The van der Waals surface area contributed by atoms with Gasteiger partial charge in [0.15, 0.2) is 0 Å². The van der Waals surface area contributed by atoms with Crippen molar-refractivity contribution in [3.8, 4) is 11.5 Å². The Balaban J connectivity index is 2.66. The lowest BCUT2D eigenvalue weighted by Gasteiger charge is -2.09. The zero-order chi connectivity index (χ0) is 11.1. The van der Waals surface area contributed by atoms with Gasteiger partial charge in [-0.25, -0.2) is 0 Å². The second-order valence-electron chi connectivity index (χ2n) is 3.26. The van der Waals surface area contributed by atoms with Gasteiger partial charge in [0.05, 0.1) is 0 Å². The molecule has 1 aromatic rings. The van der Waals surface area contributed by atoms with Gasteiger partial charge in [0.1, 0.15) is 24.7 Å². The van der Waals surface area contributed by atoms with Crippen LogP contribution in [0, 0.1) is 6.92 Å². The van der Waals surface area contributed by atoms with Crippen LogP contribution in [0.3, 0.4) is 0 Å². The quantitative estimate of drug-likeness (QED) is 0.724. The molecule has 15 heavy (non-hydrogen) atoms. The normalized spacial score (nSPS) is 10.1. The van der Waals surface area contributed by atoms with E-state index in [9.17, 15) is 0 Å². The molecule has 0 amide bonds. The van der Waals surface area contributed by atoms with E-state index < -0.39 is 0 Å². The molecule has 0 aromatic heterocycles. The van der Waals surface area contributed by atoms with Crippen molar-refractivity contribution in [2.75, 3.05) is 26.3 Å². The van der Waals surface area contributed by atoms with Crippen molar-refractivity contribution in [1.82, 2.24) is 0 Å². The topological polar surface area (TPSA) is 70.5 Å². The maximum Gasteiger partial charge on any atom is 0.123 e. The molecule has 0 aliphatic carbocycles. The Morgan fingerprint density at radius 2 is 1.40 bits per heavy atom. The Bertz CT molecular complexity index is 276. The minimum absolute atomic E-state index is 0.507. The van der Waals surface area contributed by atoms with E-state index in [0.717, 1.165) is 17.1 Å². The van der Waals surface area contributed by atoms with E-state index in [0.29, 0.717) is 26.3 Å². The van der Waals surface area contributed by atoms with Crippen LogP contribution in [0.15, 0.2) is 18.2 Å². The Hall–Kier alpha value is -1.26. The number of hydrogen-bond acceptors (Lipinski definition) is 4. The number of hydrogen-bond donors (Lipinski definition) is 2. The summed E-state index contributed by atoms with van der Waals surface area (Å²) < 4.78 is 10.8. The van der Waals surface area contributed by atoms with Crippen molar-refractivity contribution in [2.24, 2.45) is 11.5 Å². The molecular formula is C11H18N2O2. The molecule has 4 heteroatoms. The molecule has 1 rings (SSSR count). The van der Waals surface area contributed by atoms with Crippen LogP contribution >= 0.6 is 0 Å². The van der Waals surface area contributed by atoms with E-state index in [2.05, 4.69) is 0 Å². The summed E-state index contributed by atoms with van der Waals surface area (Å²) in [4.78, 5) is 0. The van der Waals surface area contributed by atoms with Crippen LogP contribution in [0.5, 0.6) is 11.5 Å². The third kappa shape index (κ3) is 4.18. The molecular weight excluding hydrogens is 192 g/mol. The number of rotatable bonds is 6. The first kappa shape index (κ1) is 11.8. The van der Waals surface area contributed by atoms with Gasteiger partial charge in [0.2, 0.25) is 0 Å². The van der Waals surface area contributed by atoms with Gasteiger partial charge in [0, 0.05) is 19.2 Å². The van der Waals surface area contributed by atoms with Crippen molar-refractivity contribution >= 4 is 0 Å². The summed E-state index contributed by atoms with van der Waals surface area (Å²) in [6.07, 6.45) is 0. The zero-order valence-electron chi connectivity index (χ0n) is 9.03. The van der Waals surface area contributed by atoms with Crippen LogP contribution in [0.25, 0.3) is 0 Å². The summed E-state index contributed by atoms with van der Waals surface area (Å²) in [6, 6.07) is 5.74. The zero-order valence-corrected chi connectivity index (χ0v) is 9.03. The fourth-order valence-corrected chi connectivity index (χ4v) is 1.23. The summed E-state index contributed by atoms with van der Waals surface area (Å²) in [5.74, 6) is 1.57. The molecule has 0 bridgehead atoms. The first-order valence-electron chi connectivity index (χ1n) is 5.03. The van der Waals surface area contributed by atoms with Crippen LogP contribution in [-0.4, -0.2) is 26.3 Å². The Kier molecular flexibility index (Phi) is 4.93. The monoisotopic (exact) mass is 210 g/mol. The predicted octanol–water partition coefficient (Wildman–Crippen LogP) is 0.670. The Morgan fingerprint density at radius 1 is 0.933 bits per heavy atom. The first-order valence-corrected chi connectivity index (χ1v) is 5.03. The molecule has 84 valence electrons. The summed E-state index contributed by atoms with van der Waals surface area (Å²) in [5, 5.41) is 0. The number of aryl methyl sites for hydroxylation is 1. The average molecular weight is 210 g/mol. The number of benzene rings is 1. The van der Waals surface area contributed by atoms with Crippen LogP contribution < -0.4 is 20.9 Å². The van der Waals surface area contributed by atoms with Gasteiger partial charge < -0.3 is 20.9 Å². The van der Waals surface area contributed by atoms with E-state index in [1.54, 1.807) is 0 Å². The van der Waals surface area contributed by atoms with Crippen LogP contribution in [0.2, 0.25) is 0 Å². The second-order valence-corrected chi connectivity index (χ2v) is 3.26. The Morgan fingerprint density at radius 3 is 1.80 bits per heavy atom. The largest absolute Gasteiger partial charge is 0.492 e. The van der Waals surface area contributed by atoms with Gasteiger partial charge in [-0.15, -0.1) is 0 Å². The molecule has 0 heterocycles. The highest BCUT2D eigenvalue weighted by Gasteiger charge is 2.00. The van der Waals surface area contributed by atoms with Crippen LogP contribution in [0.4, 0.5) is 0 Å². The molecule has 0 fully saturated rings. The van der Waals surface area contributed by atoms with Gasteiger partial charge in [-0.3, -0.25) is 0 Å². The van der Waals surface area contributed by atoms with Crippen molar-refractivity contribution in [3.63, 3.8) is 0 Å². The van der Waals surface area contributed by atoms with E-state index in [1.807, 2.05) is 25.1 Å². The maximum atomic E-state index is 5.42. The highest BCUT2D eigenvalue weighted by molar-refractivity contribution is 5.37. The van der Waals surface area contributed by atoms with E-state index in [1.165, 1.54) is 0 Å². The van der Waals surface area contributed by atoms with Crippen LogP contribution in [-0.2, 0) is 0 Å². The minimum Gasteiger partial charge on any atom is -0.492 e. The molecule has 0 spiro atoms. The van der Waals surface area contributed by atoms with Crippen molar-refractivity contribution in [3.05, 3.63) is 23.8 Å². The maximum absolute atomic E-state index is 5.42. The van der Waals surface area contributed by atoms with Gasteiger partial charge in [-0.05, 0) is 24.6 Å². The van der Waals surface area contributed by atoms with Crippen molar-refractivity contribution < 1.29 is 9.47 Å². The van der Waals surface area contributed by atoms with Crippen molar-refractivity contribution in [1.29, 1.82) is 0 Å². The average Bonchev–Trinajstić information content (AvgIpc) is 2.23. The lowest BCUT2D eigenvalue weighted by molar-refractivity contribution is 0.311. The minimum atomic E-state index is 0.507. The molecule has 4 N–H and O–H groups in total. The second kappa shape index (κ2) is 6.27. The molecule has 0 aliphatic rings. The third-order valence-corrected chi connectivity index (χ3v) is 1.80. The molecule has 4 nitrogen and oxygen atoms in total. The SMILES string of the molecule is Cc1cc(OCCN)cc(OCCN)c1. The molecule has 0 aliphatic heterocycles. The van der Waals surface area contributed by atoms with Gasteiger partial charge in [-0.2, -0.15) is 0 Å². The van der Waals surface area contributed by atoms with E-state index in [4.69, 9.17) is 20.9 Å². The van der Waals surface area contributed by atoms with Gasteiger partial charge in [0.25, 0.3) is 0 Å². The lowest BCUT2D eigenvalue weighted by Crippen LogP contribution is -2.12. The molecule has 0 radical (unpaired) electrons. The highest BCUT2D eigenvalue weighted by atomic mass is 16.5. The fourth-order valence-electron chi connectivity index (χ4n) is 1.23. The summed E-state index contributed by atoms with van der Waals surface area (Å²) >= 11 is 0. The number of nitrogens with two attached hydrogens (primary N) is 2. The van der Waals surface area contributed by atoms with Gasteiger partial charge >= 0.3 is 0 Å². The van der Waals surface area contributed by atoms with E-state index in [-0.39, 0.29) is 0 Å². The number of ether oxygens (including phenoxy) is 2. The van der Waals surface area contributed by atoms with E-state index >= 15 is 0 Å². The van der Waals surface area contributed by atoms with Gasteiger partial charge in [-0.1, -0.05) is 0 Å².